The zero-order valence-corrected chi connectivity index (χ0v) is 11.3. The Balaban J connectivity index is 1.77. The minimum atomic E-state index is 0.363. The fourth-order valence-corrected chi connectivity index (χ4v) is 3.24. The van der Waals surface area contributed by atoms with Crippen LogP contribution in [0.2, 0.25) is 0 Å². The number of ketones is 1. The van der Waals surface area contributed by atoms with Gasteiger partial charge in [-0.1, -0.05) is 6.92 Å². The van der Waals surface area contributed by atoms with Gasteiger partial charge in [-0.05, 0) is 58.9 Å². The number of hydrogen-bond donors (Lipinski definition) is 0. The number of carbonyl (C=O) groups is 1. The molecule has 2 aliphatic rings. The summed E-state index contributed by atoms with van der Waals surface area (Å²) in [6.07, 6.45) is 5.53. The van der Waals surface area contributed by atoms with Crippen LogP contribution in [0.4, 0.5) is 0 Å². The van der Waals surface area contributed by atoms with Crippen LogP contribution >= 0.6 is 0 Å². The summed E-state index contributed by atoms with van der Waals surface area (Å²) in [6.45, 7) is 6.75. The maximum atomic E-state index is 11.7. The van der Waals surface area contributed by atoms with E-state index in [4.69, 9.17) is 0 Å². The van der Waals surface area contributed by atoms with Crippen LogP contribution in [-0.4, -0.2) is 54.9 Å². The van der Waals surface area contributed by atoms with E-state index in [1.807, 2.05) is 6.92 Å². The molecule has 0 amide bonds. The Morgan fingerprint density at radius 1 is 1.06 bits per heavy atom. The van der Waals surface area contributed by atoms with Gasteiger partial charge < -0.3 is 9.80 Å². The highest BCUT2D eigenvalue weighted by molar-refractivity contribution is 5.80. The fourth-order valence-electron chi connectivity index (χ4n) is 3.24. The van der Waals surface area contributed by atoms with E-state index >= 15 is 0 Å². The molecular formula is C14H26N2O. The van der Waals surface area contributed by atoms with Crippen molar-refractivity contribution >= 4 is 5.78 Å². The molecule has 0 aromatic carbocycles. The van der Waals surface area contributed by atoms with Crippen LogP contribution in [0, 0.1) is 5.92 Å². The molecule has 0 atom stereocenters. The summed E-state index contributed by atoms with van der Waals surface area (Å²) < 4.78 is 0. The van der Waals surface area contributed by atoms with E-state index in [9.17, 15) is 4.79 Å². The average molecular weight is 238 g/mol. The molecule has 3 heteroatoms. The first-order valence-electron chi connectivity index (χ1n) is 7.16. The molecule has 17 heavy (non-hydrogen) atoms. The van der Waals surface area contributed by atoms with Gasteiger partial charge in [0, 0.05) is 18.4 Å². The van der Waals surface area contributed by atoms with Crippen molar-refractivity contribution in [2.45, 2.75) is 45.1 Å². The van der Waals surface area contributed by atoms with Gasteiger partial charge in [-0.25, -0.2) is 0 Å². The van der Waals surface area contributed by atoms with Gasteiger partial charge in [0.25, 0.3) is 0 Å². The third kappa shape index (κ3) is 3.29. The second-order valence-electron chi connectivity index (χ2n) is 5.66. The molecule has 2 aliphatic heterocycles. The van der Waals surface area contributed by atoms with Crippen molar-refractivity contribution < 1.29 is 4.79 Å². The highest BCUT2D eigenvalue weighted by Crippen LogP contribution is 2.24. The van der Waals surface area contributed by atoms with E-state index in [-0.39, 0.29) is 0 Å². The van der Waals surface area contributed by atoms with Crippen LogP contribution in [0.25, 0.3) is 0 Å². The molecule has 0 saturated carbocycles. The summed E-state index contributed by atoms with van der Waals surface area (Å²) in [5.41, 5.74) is 0. The van der Waals surface area contributed by atoms with Crippen LogP contribution in [0.3, 0.4) is 0 Å². The third-order valence-electron chi connectivity index (χ3n) is 4.54. The van der Waals surface area contributed by atoms with Gasteiger partial charge in [0.15, 0.2) is 0 Å². The van der Waals surface area contributed by atoms with Crippen molar-refractivity contribution in [2.75, 3.05) is 33.2 Å². The van der Waals surface area contributed by atoms with Gasteiger partial charge in [0.05, 0.1) is 0 Å². The summed E-state index contributed by atoms with van der Waals surface area (Å²) >= 11 is 0. The second kappa shape index (κ2) is 5.96. The van der Waals surface area contributed by atoms with Crippen LogP contribution in [0.1, 0.15) is 39.0 Å². The highest BCUT2D eigenvalue weighted by Gasteiger charge is 2.29. The van der Waals surface area contributed by atoms with Crippen molar-refractivity contribution in [3.63, 3.8) is 0 Å². The summed E-state index contributed by atoms with van der Waals surface area (Å²) in [5, 5.41) is 0. The molecule has 0 aromatic heterocycles. The van der Waals surface area contributed by atoms with Gasteiger partial charge in [0.1, 0.15) is 5.78 Å². The number of rotatable bonds is 3. The first-order chi connectivity index (χ1) is 8.20. The lowest BCUT2D eigenvalue weighted by Crippen LogP contribution is -2.47. The molecule has 2 fully saturated rings. The lowest BCUT2D eigenvalue weighted by atomic mass is 9.89. The summed E-state index contributed by atoms with van der Waals surface area (Å²) in [5.74, 6) is 0.843. The van der Waals surface area contributed by atoms with Crippen LogP contribution in [-0.2, 0) is 4.79 Å². The lowest BCUT2D eigenvalue weighted by Gasteiger charge is -2.40. The topological polar surface area (TPSA) is 23.6 Å². The van der Waals surface area contributed by atoms with Crippen LogP contribution in [0.5, 0.6) is 0 Å². The molecule has 0 aromatic rings. The predicted molar refractivity (Wildman–Crippen MR) is 70.1 cm³/mol. The molecule has 2 heterocycles. The number of Topliss-reactive ketones (excluding diaryl/α,β-unsaturated/α-hetero) is 1. The molecule has 0 radical (unpaired) electrons. The predicted octanol–water partition coefficient (Wildman–Crippen LogP) is 1.77. The number of hydrogen-bond acceptors (Lipinski definition) is 3. The first-order valence-corrected chi connectivity index (χ1v) is 7.16. The molecule has 0 spiro atoms. The van der Waals surface area contributed by atoms with E-state index in [0.29, 0.717) is 11.7 Å². The molecule has 0 unspecified atom stereocenters. The van der Waals surface area contributed by atoms with E-state index in [0.717, 1.165) is 38.4 Å². The highest BCUT2D eigenvalue weighted by atomic mass is 16.1. The van der Waals surface area contributed by atoms with Crippen molar-refractivity contribution in [1.29, 1.82) is 0 Å². The number of piperidine rings is 2. The van der Waals surface area contributed by atoms with E-state index in [1.54, 1.807) is 0 Å². The zero-order chi connectivity index (χ0) is 12.3. The maximum absolute atomic E-state index is 11.7. The normalized spacial score (nSPS) is 26.2. The number of likely N-dealkylation sites (tertiary alicyclic amines) is 2. The molecular weight excluding hydrogens is 212 g/mol. The quantitative estimate of drug-likeness (QED) is 0.748. The van der Waals surface area contributed by atoms with Gasteiger partial charge in [-0.2, -0.15) is 0 Å². The molecule has 0 N–H and O–H groups in total. The smallest absolute Gasteiger partial charge is 0.135 e. The van der Waals surface area contributed by atoms with Gasteiger partial charge >= 0.3 is 0 Å². The van der Waals surface area contributed by atoms with Crippen LogP contribution < -0.4 is 0 Å². The summed E-state index contributed by atoms with van der Waals surface area (Å²) in [7, 11) is 2.21. The second-order valence-corrected chi connectivity index (χ2v) is 5.66. The largest absolute Gasteiger partial charge is 0.306 e. The van der Waals surface area contributed by atoms with E-state index < -0.39 is 0 Å². The average Bonchev–Trinajstić information content (AvgIpc) is 2.39. The minimum absolute atomic E-state index is 0.363. The van der Waals surface area contributed by atoms with Gasteiger partial charge in [-0.3, -0.25) is 4.79 Å². The van der Waals surface area contributed by atoms with Gasteiger partial charge in [0.2, 0.25) is 0 Å². The SMILES string of the molecule is CCC(=O)C1CCN(C2CCN(C)CC2)CC1. The minimum Gasteiger partial charge on any atom is -0.306 e. The van der Waals surface area contributed by atoms with Crippen molar-refractivity contribution in [2.24, 2.45) is 5.92 Å². The summed E-state index contributed by atoms with van der Waals surface area (Å²) in [6, 6.07) is 0.781. The standard InChI is InChI=1S/C14H26N2O/c1-3-14(17)12-4-10-16(11-5-12)13-6-8-15(2)9-7-13/h12-13H,3-11H2,1-2H3. The molecule has 3 nitrogen and oxygen atoms in total. The Morgan fingerprint density at radius 3 is 2.18 bits per heavy atom. The zero-order valence-electron chi connectivity index (χ0n) is 11.3. The molecule has 2 rings (SSSR count). The Morgan fingerprint density at radius 2 is 1.65 bits per heavy atom. The lowest BCUT2D eigenvalue weighted by molar-refractivity contribution is -0.124. The van der Waals surface area contributed by atoms with Crippen molar-refractivity contribution in [3.8, 4) is 0 Å². The molecule has 2 saturated heterocycles. The summed E-state index contributed by atoms with van der Waals surface area (Å²) in [4.78, 5) is 16.7. The van der Waals surface area contributed by atoms with E-state index in [1.165, 1.54) is 25.9 Å². The third-order valence-corrected chi connectivity index (χ3v) is 4.54. The Bertz CT molecular complexity index is 251. The monoisotopic (exact) mass is 238 g/mol. The molecule has 98 valence electrons. The molecule has 0 bridgehead atoms. The van der Waals surface area contributed by atoms with E-state index in [2.05, 4.69) is 16.8 Å². The Kier molecular flexibility index (Phi) is 4.57. The number of carbonyl (C=O) groups excluding carboxylic acids is 1. The van der Waals surface area contributed by atoms with Crippen LogP contribution in [0.15, 0.2) is 0 Å². The number of nitrogens with zero attached hydrogens (tertiary/aromatic N) is 2. The Labute approximate surface area is 105 Å². The maximum Gasteiger partial charge on any atom is 0.135 e. The fraction of sp³-hybridized carbons (Fsp3) is 0.929. The first kappa shape index (κ1) is 13.0. The molecule has 0 aliphatic carbocycles. The van der Waals surface area contributed by atoms with Crippen molar-refractivity contribution in [1.82, 2.24) is 9.80 Å². The Hall–Kier alpha value is -0.410. The van der Waals surface area contributed by atoms with Crippen molar-refractivity contribution in [3.05, 3.63) is 0 Å². The van der Waals surface area contributed by atoms with Gasteiger partial charge in [-0.15, -0.1) is 0 Å².